The third-order valence-electron chi connectivity index (χ3n) is 6.58. The van der Waals surface area contributed by atoms with Crippen LogP contribution in [0, 0.1) is 5.92 Å². The van der Waals surface area contributed by atoms with Crippen LogP contribution in [0.15, 0.2) is 47.6 Å². The van der Waals surface area contributed by atoms with E-state index < -0.39 is 22.1 Å². The number of alkyl halides is 3. The zero-order chi connectivity index (χ0) is 25.8. The molecule has 196 valence electrons. The Balaban J connectivity index is 1.14. The van der Waals surface area contributed by atoms with Crippen molar-refractivity contribution in [3.8, 4) is 5.75 Å². The summed E-state index contributed by atoms with van der Waals surface area (Å²) in [5.41, 5.74) is 1.99. The zero-order valence-corrected chi connectivity index (χ0v) is 20.4. The first-order chi connectivity index (χ1) is 17.1. The van der Waals surface area contributed by atoms with Crippen LogP contribution in [0.5, 0.6) is 5.75 Å². The second-order valence-electron chi connectivity index (χ2n) is 9.09. The first kappa shape index (κ1) is 26.2. The van der Waals surface area contributed by atoms with Gasteiger partial charge in [0.05, 0.1) is 4.90 Å². The van der Waals surface area contributed by atoms with Crippen LogP contribution in [0.2, 0.25) is 0 Å². The van der Waals surface area contributed by atoms with Crippen molar-refractivity contribution in [1.82, 2.24) is 14.6 Å². The van der Waals surface area contributed by atoms with E-state index in [9.17, 15) is 26.4 Å². The van der Waals surface area contributed by atoms with Gasteiger partial charge < -0.3 is 15.4 Å². The number of halogens is 3. The van der Waals surface area contributed by atoms with Gasteiger partial charge in [0, 0.05) is 44.1 Å². The number of fused-ring (bicyclic) bond motifs is 1. The highest BCUT2D eigenvalue weighted by atomic mass is 32.2. The van der Waals surface area contributed by atoms with Crippen molar-refractivity contribution in [1.29, 1.82) is 0 Å². The van der Waals surface area contributed by atoms with Gasteiger partial charge in [-0.3, -0.25) is 9.78 Å². The van der Waals surface area contributed by atoms with Gasteiger partial charge in [-0.25, -0.2) is 8.42 Å². The summed E-state index contributed by atoms with van der Waals surface area (Å²) in [6.07, 6.45) is 3.44. The van der Waals surface area contributed by atoms with Gasteiger partial charge in [0.15, 0.2) is 0 Å². The lowest BCUT2D eigenvalue weighted by molar-refractivity contribution is -0.274. The van der Waals surface area contributed by atoms with Crippen molar-refractivity contribution < 1.29 is 31.1 Å². The van der Waals surface area contributed by atoms with E-state index in [0.29, 0.717) is 32.0 Å². The first-order valence-corrected chi connectivity index (χ1v) is 13.4. The molecule has 0 radical (unpaired) electrons. The van der Waals surface area contributed by atoms with Crippen LogP contribution in [-0.2, 0) is 21.2 Å². The summed E-state index contributed by atoms with van der Waals surface area (Å²) < 4.78 is 67.8. The Labute approximate surface area is 208 Å². The fourth-order valence-electron chi connectivity index (χ4n) is 4.64. The molecular weight excluding hydrogens is 497 g/mol. The molecule has 0 spiro atoms. The summed E-state index contributed by atoms with van der Waals surface area (Å²) in [6.45, 7) is 1.33. The Morgan fingerprint density at radius 3 is 2.53 bits per heavy atom. The molecule has 1 aromatic carbocycles. The number of sulfonamides is 1. The molecule has 2 aromatic rings. The summed E-state index contributed by atoms with van der Waals surface area (Å²) in [7, 11) is -3.77. The third kappa shape index (κ3) is 6.67. The normalized spacial score (nSPS) is 18.9. The number of unbranched alkanes of at least 4 members (excludes halogenated alkanes) is 1. The van der Waals surface area contributed by atoms with Crippen LogP contribution in [0.3, 0.4) is 0 Å². The second kappa shape index (κ2) is 11.0. The molecule has 8 nitrogen and oxygen atoms in total. The zero-order valence-electron chi connectivity index (χ0n) is 19.6. The number of nitrogens with one attached hydrogen (secondary N) is 2. The minimum absolute atomic E-state index is 0.0253. The Morgan fingerprint density at radius 1 is 1.14 bits per heavy atom. The Kier molecular flexibility index (Phi) is 8.04. The lowest BCUT2D eigenvalue weighted by atomic mass is 9.92. The van der Waals surface area contributed by atoms with E-state index in [2.05, 4.69) is 20.4 Å². The van der Waals surface area contributed by atoms with Crippen molar-refractivity contribution >= 4 is 21.6 Å². The third-order valence-corrected chi connectivity index (χ3v) is 8.49. The molecule has 1 atom stereocenters. The average Bonchev–Trinajstić information content (AvgIpc) is 3.28. The van der Waals surface area contributed by atoms with Crippen LogP contribution in [0.1, 0.15) is 37.7 Å². The monoisotopic (exact) mass is 526 g/mol. The van der Waals surface area contributed by atoms with E-state index in [4.69, 9.17) is 0 Å². The highest BCUT2D eigenvalue weighted by Gasteiger charge is 2.32. The number of piperidine rings is 1. The number of anilines is 1. The second-order valence-corrected chi connectivity index (χ2v) is 11.0. The van der Waals surface area contributed by atoms with E-state index >= 15 is 0 Å². The van der Waals surface area contributed by atoms with E-state index in [1.165, 1.54) is 4.31 Å². The molecule has 36 heavy (non-hydrogen) atoms. The number of benzene rings is 1. The maximum Gasteiger partial charge on any atom is 0.573 e. The minimum atomic E-state index is -4.83. The number of pyridine rings is 1. The highest BCUT2D eigenvalue weighted by molar-refractivity contribution is 7.89. The van der Waals surface area contributed by atoms with Crippen molar-refractivity contribution in [2.24, 2.45) is 5.92 Å². The Hall–Kier alpha value is -2.86. The number of aromatic nitrogens is 1. The van der Waals surface area contributed by atoms with E-state index in [1.807, 2.05) is 6.07 Å². The Morgan fingerprint density at radius 2 is 1.86 bits per heavy atom. The molecule has 2 aliphatic heterocycles. The standard InChI is InChI=1S/C24H29F3N4O4S/c25-24(26,27)35-19-4-6-20(7-5-19)36(33,34)31-13-9-17(10-14-31)3-1-2-11-29-23(32)22-15-18-16-28-12-8-21(18)30-22/h4-8,12,16-17,22,30H,1-3,9-11,13-15H2,(H,29,32). The number of carbonyl (C=O) groups is 1. The maximum absolute atomic E-state index is 12.8. The average molecular weight is 527 g/mol. The number of hydrogen-bond acceptors (Lipinski definition) is 6. The van der Waals surface area contributed by atoms with Crippen molar-refractivity contribution in [3.05, 3.63) is 48.3 Å². The van der Waals surface area contributed by atoms with Crippen LogP contribution in [0.4, 0.5) is 18.9 Å². The predicted octanol–water partition coefficient (Wildman–Crippen LogP) is 3.70. The van der Waals surface area contributed by atoms with Gasteiger partial charge in [-0.15, -0.1) is 13.2 Å². The fourth-order valence-corrected chi connectivity index (χ4v) is 6.11. The molecule has 2 aliphatic rings. The largest absolute Gasteiger partial charge is 0.573 e. The molecule has 1 unspecified atom stereocenters. The van der Waals surface area contributed by atoms with Gasteiger partial charge in [-0.1, -0.05) is 12.8 Å². The quantitative estimate of drug-likeness (QED) is 0.484. The molecule has 0 aliphatic carbocycles. The van der Waals surface area contributed by atoms with Crippen LogP contribution in [0.25, 0.3) is 0 Å². The summed E-state index contributed by atoms with van der Waals surface area (Å²) in [5, 5.41) is 6.19. The summed E-state index contributed by atoms with van der Waals surface area (Å²) in [5.74, 6) is -0.0887. The van der Waals surface area contributed by atoms with Gasteiger partial charge in [0.1, 0.15) is 11.8 Å². The van der Waals surface area contributed by atoms with E-state index in [0.717, 1.165) is 67.6 Å². The van der Waals surface area contributed by atoms with Crippen molar-refractivity contribution in [2.45, 2.75) is 55.8 Å². The van der Waals surface area contributed by atoms with Crippen molar-refractivity contribution in [2.75, 3.05) is 25.0 Å². The molecular formula is C24H29F3N4O4S. The SMILES string of the molecule is O=C(NCCCCC1CCN(S(=O)(=O)c2ccc(OC(F)(F)F)cc2)CC1)C1Cc2cnccc2N1. The van der Waals surface area contributed by atoms with Crippen LogP contribution in [-0.4, -0.2) is 55.7 Å². The predicted molar refractivity (Wildman–Crippen MR) is 127 cm³/mol. The molecule has 1 amide bonds. The molecule has 0 saturated carbocycles. The number of hydrogen-bond donors (Lipinski definition) is 2. The lowest BCUT2D eigenvalue weighted by Gasteiger charge is -2.31. The minimum Gasteiger partial charge on any atom is -0.406 e. The molecule has 12 heteroatoms. The number of rotatable bonds is 9. The van der Waals surface area contributed by atoms with Crippen molar-refractivity contribution in [3.63, 3.8) is 0 Å². The summed E-state index contributed by atoms with van der Waals surface area (Å²) >= 11 is 0. The molecule has 1 aromatic heterocycles. The first-order valence-electron chi connectivity index (χ1n) is 11.9. The molecule has 1 saturated heterocycles. The topological polar surface area (TPSA) is 101 Å². The molecule has 4 rings (SSSR count). The van der Waals surface area contributed by atoms with E-state index in [-0.39, 0.29) is 16.8 Å². The number of ether oxygens (including phenoxy) is 1. The van der Waals surface area contributed by atoms with Gasteiger partial charge in [0.25, 0.3) is 0 Å². The molecule has 1 fully saturated rings. The molecule has 2 N–H and O–H groups in total. The molecule has 0 bridgehead atoms. The highest BCUT2D eigenvalue weighted by Crippen LogP contribution is 2.29. The van der Waals surface area contributed by atoms with Gasteiger partial charge in [-0.05, 0) is 61.1 Å². The van der Waals surface area contributed by atoms with E-state index in [1.54, 1.807) is 12.4 Å². The number of nitrogens with zero attached hydrogens (tertiary/aromatic N) is 2. The fraction of sp³-hybridized carbons (Fsp3) is 0.500. The smallest absolute Gasteiger partial charge is 0.406 e. The van der Waals surface area contributed by atoms with Gasteiger partial charge in [-0.2, -0.15) is 4.31 Å². The van der Waals surface area contributed by atoms with Gasteiger partial charge >= 0.3 is 6.36 Å². The Bertz CT molecular complexity index is 1130. The molecule has 3 heterocycles. The van der Waals surface area contributed by atoms with Crippen LogP contribution < -0.4 is 15.4 Å². The lowest BCUT2D eigenvalue weighted by Crippen LogP contribution is -2.39. The summed E-state index contributed by atoms with van der Waals surface area (Å²) in [6, 6.07) is 5.86. The number of amides is 1. The van der Waals surface area contributed by atoms with Gasteiger partial charge in [0.2, 0.25) is 15.9 Å². The van der Waals surface area contributed by atoms with Crippen LogP contribution >= 0.6 is 0 Å². The summed E-state index contributed by atoms with van der Waals surface area (Å²) in [4.78, 5) is 16.4. The maximum atomic E-state index is 12.8. The number of carbonyl (C=O) groups excluding carboxylic acids is 1.